The molecule has 2 heterocycles. The van der Waals surface area contributed by atoms with Gasteiger partial charge < -0.3 is 0 Å². The van der Waals surface area contributed by atoms with E-state index in [4.69, 9.17) is 0 Å². The summed E-state index contributed by atoms with van der Waals surface area (Å²) in [5.74, 6) is 0.142. The van der Waals surface area contributed by atoms with E-state index in [9.17, 15) is 8.42 Å². The zero-order valence-corrected chi connectivity index (χ0v) is 16.8. The second kappa shape index (κ2) is 6.78. The first-order valence-electron chi connectivity index (χ1n) is 8.58. The maximum Gasteiger partial charge on any atom is 0.243 e. The highest BCUT2D eigenvalue weighted by Crippen LogP contribution is 2.32. The van der Waals surface area contributed by atoms with E-state index in [2.05, 4.69) is 31.0 Å². The minimum atomic E-state index is -3.47. The van der Waals surface area contributed by atoms with Crippen molar-refractivity contribution < 1.29 is 8.42 Å². The van der Waals surface area contributed by atoms with Gasteiger partial charge in [0, 0.05) is 19.0 Å². The van der Waals surface area contributed by atoms with Crippen LogP contribution in [0.25, 0.3) is 0 Å². The Morgan fingerprint density at radius 3 is 2.40 bits per heavy atom. The van der Waals surface area contributed by atoms with Crippen LogP contribution in [-0.4, -0.2) is 36.0 Å². The van der Waals surface area contributed by atoms with Crippen LogP contribution in [0.4, 0.5) is 0 Å². The molecule has 0 spiro atoms. The molecule has 25 heavy (non-hydrogen) atoms. The highest BCUT2D eigenvalue weighted by Gasteiger charge is 2.32. The van der Waals surface area contributed by atoms with Crippen LogP contribution < -0.4 is 0 Å². The van der Waals surface area contributed by atoms with Crippen molar-refractivity contribution in [2.24, 2.45) is 0 Å². The lowest BCUT2D eigenvalue weighted by Gasteiger charge is -2.31. The molecular formula is C18H25N3O2S2. The van der Waals surface area contributed by atoms with E-state index in [0.717, 1.165) is 28.4 Å². The van der Waals surface area contributed by atoms with Crippen LogP contribution in [0.2, 0.25) is 0 Å². The molecule has 1 aromatic heterocycles. The minimum Gasteiger partial charge on any atom is -0.207 e. The largest absolute Gasteiger partial charge is 0.243 e. The molecule has 1 unspecified atom stereocenters. The molecule has 0 aliphatic carbocycles. The summed E-state index contributed by atoms with van der Waals surface area (Å²) >= 11 is 1.56. The van der Waals surface area contributed by atoms with Gasteiger partial charge in [-0.25, -0.2) is 8.42 Å². The molecule has 0 bridgehead atoms. The Balaban J connectivity index is 1.81. The Hall–Kier alpha value is -1.31. The number of sulfonamides is 1. The van der Waals surface area contributed by atoms with Crippen LogP contribution in [-0.2, 0) is 15.4 Å². The first-order chi connectivity index (χ1) is 11.7. The number of piperidine rings is 1. The average Bonchev–Trinajstić information content (AvgIpc) is 3.01. The maximum atomic E-state index is 13.0. The molecular weight excluding hydrogens is 354 g/mol. The summed E-state index contributed by atoms with van der Waals surface area (Å²) < 4.78 is 27.6. The van der Waals surface area contributed by atoms with Gasteiger partial charge in [0.2, 0.25) is 10.0 Å². The molecule has 5 nitrogen and oxygen atoms in total. The van der Waals surface area contributed by atoms with Gasteiger partial charge >= 0.3 is 0 Å². The fourth-order valence-corrected chi connectivity index (χ4v) is 5.46. The standard InChI is InChI=1S/C18H25N3O2S2/c1-13-19-20-17(24-13)14-6-5-11-21(12-14)25(22,23)16-9-7-15(8-10-16)18(2,3)4/h7-10,14H,5-6,11-12H2,1-4H3. The monoisotopic (exact) mass is 379 g/mol. The van der Waals surface area contributed by atoms with E-state index in [0.29, 0.717) is 18.0 Å². The summed E-state index contributed by atoms with van der Waals surface area (Å²) in [5.41, 5.74) is 1.14. The van der Waals surface area contributed by atoms with E-state index < -0.39 is 10.0 Å². The van der Waals surface area contributed by atoms with Crippen molar-refractivity contribution in [2.45, 2.75) is 56.8 Å². The summed E-state index contributed by atoms with van der Waals surface area (Å²) in [5, 5.41) is 10.2. The van der Waals surface area contributed by atoms with Crippen molar-refractivity contribution >= 4 is 21.4 Å². The van der Waals surface area contributed by atoms with E-state index in [-0.39, 0.29) is 11.3 Å². The maximum absolute atomic E-state index is 13.0. The van der Waals surface area contributed by atoms with Crippen LogP contribution in [0.1, 0.15) is 55.1 Å². The molecule has 1 aliphatic rings. The minimum absolute atomic E-state index is 0.00815. The lowest BCUT2D eigenvalue weighted by atomic mass is 9.87. The molecule has 2 aromatic rings. The number of aryl methyl sites for hydroxylation is 1. The molecule has 136 valence electrons. The third-order valence-corrected chi connectivity index (χ3v) is 7.51. The third kappa shape index (κ3) is 3.93. The molecule has 1 fully saturated rings. The van der Waals surface area contributed by atoms with Crippen molar-refractivity contribution in [1.29, 1.82) is 0 Å². The smallest absolute Gasteiger partial charge is 0.207 e. The summed E-state index contributed by atoms with van der Waals surface area (Å²) in [7, 11) is -3.47. The predicted molar refractivity (Wildman–Crippen MR) is 101 cm³/mol. The molecule has 1 aliphatic heterocycles. The second-order valence-electron chi connectivity index (χ2n) is 7.64. The van der Waals surface area contributed by atoms with E-state index in [1.165, 1.54) is 0 Å². The summed E-state index contributed by atoms with van der Waals surface area (Å²) in [6, 6.07) is 7.30. The van der Waals surface area contributed by atoms with Gasteiger partial charge in [0.1, 0.15) is 10.0 Å². The van der Waals surface area contributed by atoms with Crippen molar-refractivity contribution in [1.82, 2.24) is 14.5 Å². The van der Waals surface area contributed by atoms with Crippen molar-refractivity contribution in [2.75, 3.05) is 13.1 Å². The van der Waals surface area contributed by atoms with Crippen molar-refractivity contribution in [3.63, 3.8) is 0 Å². The quantitative estimate of drug-likeness (QED) is 0.815. The van der Waals surface area contributed by atoms with Gasteiger partial charge in [0.15, 0.2) is 0 Å². The Bertz CT molecular complexity index is 836. The van der Waals surface area contributed by atoms with Gasteiger partial charge in [0.25, 0.3) is 0 Å². The molecule has 0 amide bonds. The van der Waals surface area contributed by atoms with Crippen LogP contribution in [0.3, 0.4) is 0 Å². The summed E-state index contributed by atoms with van der Waals surface area (Å²) in [6.45, 7) is 9.34. The molecule has 1 saturated heterocycles. The average molecular weight is 380 g/mol. The first kappa shape index (κ1) is 18.5. The van der Waals surface area contributed by atoms with E-state index >= 15 is 0 Å². The normalized spacial score (nSPS) is 19.9. The highest BCUT2D eigenvalue weighted by atomic mass is 32.2. The Morgan fingerprint density at radius 1 is 1.16 bits per heavy atom. The van der Waals surface area contributed by atoms with Crippen LogP contribution in [0.5, 0.6) is 0 Å². The number of nitrogens with zero attached hydrogens (tertiary/aromatic N) is 3. The van der Waals surface area contributed by atoms with Crippen molar-refractivity contribution in [3.8, 4) is 0 Å². The SMILES string of the molecule is Cc1nnc(C2CCCN(S(=O)(=O)c3ccc(C(C)(C)C)cc3)C2)s1. The predicted octanol–water partition coefficient (Wildman–Crippen LogP) is 3.71. The second-order valence-corrected chi connectivity index (χ2v) is 10.8. The fraction of sp³-hybridized carbons (Fsp3) is 0.556. The zero-order chi connectivity index (χ0) is 18.2. The number of hydrogen-bond acceptors (Lipinski definition) is 5. The van der Waals surface area contributed by atoms with Gasteiger partial charge in [-0.15, -0.1) is 21.5 Å². The van der Waals surface area contributed by atoms with Crippen LogP contribution in [0.15, 0.2) is 29.2 Å². The van der Waals surface area contributed by atoms with Gasteiger partial charge in [-0.1, -0.05) is 32.9 Å². The number of hydrogen-bond donors (Lipinski definition) is 0. The Kier molecular flexibility index (Phi) is 5.01. The number of aromatic nitrogens is 2. The number of benzene rings is 1. The topological polar surface area (TPSA) is 63.2 Å². The fourth-order valence-electron chi connectivity index (χ4n) is 3.12. The lowest BCUT2D eigenvalue weighted by molar-refractivity contribution is 0.314. The van der Waals surface area contributed by atoms with Crippen LogP contribution >= 0.6 is 11.3 Å². The molecule has 1 aromatic carbocycles. The molecule has 7 heteroatoms. The van der Waals surface area contributed by atoms with E-state index in [1.54, 1.807) is 27.8 Å². The summed E-state index contributed by atoms with van der Waals surface area (Å²) in [6.07, 6.45) is 1.81. The number of rotatable bonds is 3. The molecule has 3 rings (SSSR count). The Labute approximate surface area is 154 Å². The van der Waals surface area contributed by atoms with Gasteiger partial charge in [0.05, 0.1) is 4.90 Å². The van der Waals surface area contributed by atoms with Gasteiger partial charge in [-0.2, -0.15) is 4.31 Å². The van der Waals surface area contributed by atoms with Crippen molar-refractivity contribution in [3.05, 3.63) is 39.8 Å². The molecule has 1 atom stereocenters. The Morgan fingerprint density at radius 2 is 1.84 bits per heavy atom. The summed E-state index contributed by atoms with van der Waals surface area (Å²) in [4.78, 5) is 0.370. The third-order valence-electron chi connectivity index (χ3n) is 4.63. The molecule has 0 saturated carbocycles. The molecule has 0 radical (unpaired) electrons. The first-order valence-corrected chi connectivity index (χ1v) is 10.8. The molecule has 0 N–H and O–H groups in total. The van der Waals surface area contributed by atoms with E-state index in [1.807, 2.05) is 19.1 Å². The van der Waals surface area contributed by atoms with Crippen LogP contribution in [0, 0.1) is 6.92 Å². The highest BCUT2D eigenvalue weighted by molar-refractivity contribution is 7.89. The van der Waals surface area contributed by atoms with Gasteiger partial charge in [-0.05, 0) is 42.9 Å². The zero-order valence-electron chi connectivity index (χ0n) is 15.2. The lowest BCUT2D eigenvalue weighted by Crippen LogP contribution is -2.39. The van der Waals surface area contributed by atoms with Gasteiger partial charge in [-0.3, -0.25) is 0 Å².